The standard InChI is InChI=1S/C13H15N7O/c1-8-6-9(2)20-13(16-8)17-11(18-20)12(21)19(3)7-10-14-4-5-15-10/h4-6H,7H2,1-3H3,(H,14,15). The highest BCUT2D eigenvalue weighted by Gasteiger charge is 2.19. The summed E-state index contributed by atoms with van der Waals surface area (Å²) in [6, 6.07) is 1.89. The number of aromatic amines is 1. The van der Waals surface area contributed by atoms with Crippen LogP contribution in [-0.4, -0.2) is 47.4 Å². The number of imidazole rings is 1. The summed E-state index contributed by atoms with van der Waals surface area (Å²) < 4.78 is 1.57. The number of H-pyrrole nitrogens is 1. The van der Waals surface area contributed by atoms with Crippen molar-refractivity contribution in [1.82, 2.24) is 34.4 Å². The van der Waals surface area contributed by atoms with Crippen molar-refractivity contribution >= 4 is 11.7 Å². The van der Waals surface area contributed by atoms with Gasteiger partial charge >= 0.3 is 0 Å². The Kier molecular flexibility index (Phi) is 3.13. The van der Waals surface area contributed by atoms with Gasteiger partial charge in [-0.15, -0.1) is 5.10 Å². The van der Waals surface area contributed by atoms with Crippen LogP contribution in [0.5, 0.6) is 0 Å². The molecule has 0 radical (unpaired) electrons. The zero-order chi connectivity index (χ0) is 15.0. The third kappa shape index (κ3) is 2.47. The molecule has 21 heavy (non-hydrogen) atoms. The molecule has 0 spiro atoms. The van der Waals surface area contributed by atoms with Crippen LogP contribution in [0.3, 0.4) is 0 Å². The van der Waals surface area contributed by atoms with Crippen LogP contribution in [0.25, 0.3) is 5.78 Å². The number of amides is 1. The maximum atomic E-state index is 12.4. The van der Waals surface area contributed by atoms with Gasteiger partial charge in [0.25, 0.3) is 11.7 Å². The second kappa shape index (κ2) is 4.97. The Bertz CT molecular complexity index is 790. The minimum atomic E-state index is -0.269. The summed E-state index contributed by atoms with van der Waals surface area (Å²) in [5, 5.41) is 4.22. The topological polar surface area (TPSA) is 92.1 Å². The molecule has 0 aliphatic carbocycles. The minimum Gasteiger partial charge on any atom is -0.347 e. The highest BCUT2D eigenvalue weighted by molar-refractivity contribution is 5.90. The van der Waals surface area contributed by atoms with E-state index in [4.69, 9.17) is 0 Å². The second-order valence-electron chi connectivity index (χ2n) is 4.88. The number of nitrogens with one attached hydrogen (secondary N) is 1. The molecule has 3 aromatic heterocycles. The first-order valence-electron chi connectivity index (χ1n) is 6.49. The van der Waals surface area contributed by atoms with Crippen LogP contribution in [0.1, 0.15) is 27.8 Å². The van der Waals surface area contributed by atoms with Crippen LogP contribution >= 0.6 is 0 Å². The van der Waals surface area contributed by atoms with Crippen LogP contribution in [0.4, 0.5) is 0 Å². The smallest absolute Gasteiger partial charge is 0.293 e. The Morgan fingerprint density at radius 3 is 2.90 bits per heavy atom. The lowest BCUT2D eigenvalue weighted by atomic mass is 10.4. The van der Waals surface area contributed by atoms with Crippen molar-refractivity contribution in [3.05, 3.63) is 41.5 Å². The van der Waals surface area contributed by atoms with Crippen molar-refractivity contribution in [3.8, 4) is 0 Å². The number of carbonyl (C=O) groups excluding carboxylic acids is 1. The number of fused-ring (bicyclic) bond motifs is 1. The van der Waals surface area contributed by atoms with Gasteiger partial charge in [-0.25, -0.2) is 14.5 Å². The van der Waals surface area contributed by atoms with E-state index < -0.39 is 0 Å². The van der Waals surface area contributed by atoms with Crippen molar-refractivity contribution < 1.29 is 4.79 Å². The third-order valence-electron chi connectivity index (χ3n) is 3.10. The molecule has 8 nitrogen and oxygen atoms in total. The maximum absolute atomic E-state index is 12.4. The Labute approximate surface area is 120 Å². The molecule has 0 atom stereocenters. The fourth-order valence-corrected chi connectivity index (χ4v) is 2.11. The predicted molar refractivity (Wildman–Crippen MR) is 74.6 cm³/mol. The zero-order valence-corrected chi connectivity index (χ0v) is 12.0. The van der Waals surface area contributed by atoms with Gasteiger partial charge in [0.05, 0.1) is 6.54 Å². The SMILES string of the molecule is Cc1cc(C)n2nc(C(=O)N(C)Cc3ncc[nH]3)nc2n1. The number of nitrogens with zero attached hydrogens (tertiary/aromatic N) is 6. The van der Waals surface area contributed by atoms with Gasteiger partial charge in [-0.2, -0.15) is 4.98 Å². The van der Waals surface area contributed by atoms with Gasteiger partial charge in [0.2, 0.25) is 5.82 Å². The summed E-state index contributed by atoms with van der Waals surface area (Å²) >= 11 is 0. The van der Waals surface area contributed by atoms with E-state index in [1.807, 2.05) is 19.9 Å². The molecule has 0 fully saturated rings. The predicted octanol–water partition coefficient (Wildman–Crippen LogP) is 0.736. The van der Waals surface area contributed by atoms with E-state index in [-0.39, 0.29) is 11.7 Å². The number of rotatable bonds is 3. The average molecular weight is 285 g/mol. The number of aromatic nitrogens is 6. The lowest BCUT2D eigenvalue weighted by Gasteiger charge is -2.12. The normalized spacial score (nSPS) is 11.0. The van der Waals surface area contributed by atoms with Gasteiger partial charge in [0.15, 0.2) is 0 Å². The van der Waals surface area contributed by atoms with Crippen molar-refractivity contribution in [3.63, 3.8) is 0 Å². The molecular weight excluding hydrogens is 270 g/mol. The molecule has 8 heteroatoms. The summed E-state index contributed by atoms with van der Waals surface area (Å²) in [5.74, 6) is 1.00. The molecule has 3 aromatic rings. The molecule has 108 valence electrons. The number of aryl methyl sites for hydroxylation is 2. The average Bonchev–Trinajstić information content (AvgIpc) is 3.06. The third-order valence-corrected chi connectivity index (χ3v) is 3.10. The van der Waals surface area contributed by atoms with Gasteiger partial charge in [-0.05, 0) is 19.9 Å². The molecular formula is C13H15N7O. The zero-order valence-electron chi connectivity index (χ0n) is 12.0. The Morgan fingerprint density at radius 1 is 1.38 bits per heavy atom. The molecule has 0 saturated heterocycles. The molecule has 0 saturated carbocycles. The molecule has 0 aromatic carbocycles. The van der Waals surface area contributed by atoms with E-state index in [9.17, 15) is 4.79 Å². The van der Waals surface area contributed by atoms with Gasteiger partial charge in [0.1, 0.15) is 5.82 Å². The molecule has 0 bridgehead atoms. The summed E-state index contributed by atoms with van der Waals surface area (Å²) in [4.78, 5) is 29.4. The van der Waals surface area contributed by atoms with Gasteiger partial charge in [0, 0.05) is 30.8 Å². The second-order valence-corrected chi connectivity index (χ2v) is 4.88. The van der Waals surface area contributed by atoms with Gasteiger partial charge in [-0.3, -0.25) is 4.79 Å². The minimum absolute atomic E-state index is 0.130. The van der Waals surface area contributed by atoms with Crippen LogP contribution in [0.15, 0.2) is 18.5 Å². The molecule has 3 rings (SSSR count). The maximum Gasteiger partial charge on any atom is 0.293 e. The summed E-state index contributed by atoms with van der Waals surface area (Å²) in [6.45, 7) is 4.15. The van der Waals surface area contributed by atoms with Crippen LogP contribution in [0.2, 0.25) is 0 Å². The van der Waals surface area contributed by atoms with E-state index in [2.05, 4.69) is 25.0 Å². The molecule has 1 N–H and O–H groups in total. The van der Waals surface area contributed by atoms with E-state index in [0.29, 0.717) is 18.1 Å². The fourth-order valence-electron chi connectivity index (χ4n) is 2.11. The summed E-state index contributed by atoms with van der Waals surface area (Å²) in [7, 11) is 1.68. The lowest BCUT2D eigenvalue weighted by molar-refractivity contribution is 0.0770. The summed E-state index contributed by atoms with van der Waals surface area (Å²) in [5.41, 5.74) is 1.73. The quantitative estimate of drug-likeness (QED) is 0.766. The van der Waals surface area contributed by atoms with Crippen molar-refractivity contribution in [2.45, 2.75) is 20.4 Å². The van der Waals surface area contributed by atoms with Crippen molar-refractivity contribution in [1.29, 1.82) is 0 Å². The highest BCUT2D eigenvalue weighted by Crippen LogP contribution is 2.07. The Balaban J connectivity index is 1.89. The molecule has 0 unspecified atom stereocenters. The number of carbonyl (C=O) groups is 1. The molecule has 1 amide bonds. The largest absolute Gasteiger partial charge is 0.347 e. The molecule has 3 heterocycles. The monoisotopic (exact) mass is 285 g/mol. The van der Waals surface area contributed by atoms with E-state index in [1.54, 1.807) is 24.0 Å². The van der Waals surface area contributed by atoms with E-state index >= 15 is 0 Å². The molecule has 0 aliphatic heterocycles. The lowest BCUT2D eigenvalue weighted by Crippen LogP contribution is -2.27. The van der Waals surface area contributed by atoms with Gasteiger partial charge < -0.3 is 9.88 Å². The first-order chi connectivity index (χ1) is 10.0. The highest BCUT2D eigenvalue weighted by atomic mass is 16.2. The Hall–Kier alpha value is -2.77. The first-order valence-corrected chi connectivity index (χ1v) is 6.49. The fraction of sp³-hybridized carbons (Fsp3) is 0.308. The Morgan fingerprint density at radius 2 is 2.19 bits per heavy atom. The van der Waals surface area contributed by atoms with E-state index in [1.165, 1.54) is 4.90 Å². The summed E-state index contributed by atoms with van der Waals surface area (Å²) in [6.07, 6.45) is 3.36. The molecule has 0 aliphatic rings. The number of hydrogen-bond donors (Lipinski definition) is 1. The van der Waals surface area contributed by atoms with Crippen molar-refractivity contribution in [2.24, 2.45) is 0 Å². The van der Waals surface area contributed by atoms with Crippen LogP contribution in [0, 0.1) is 13.8 Å². The first kappa shape index (κ1) is 13.2. The number of hydrogen-bond acceptors (Lipinski definition) is 5. The van der Waals surface area contributed by atoms with Crippen molar-refractivity contribution in [2.75, 3.05) is 7.05 Å². The van der Waals surface area contributed by atoms with Crippen LogP contribution in [-0.2, 0) is 6.54 Å². The van der Waals surface area contributed by atoms with Gasteiger partial charge in [-0.1, -0.05) is 0 Å². The van der Waals surface area contributed by atoms with E-state index in [0.717, 1.165) is 11.4 Å². The van der Waals surface area contributed by atoms with Crippen LogP contribution < -0.4 is 0 Å².